The van der Waals surface area contributed by atoms with Crippen LogP contribution >= 0.6 is 0 Å². The van der Waals surface area contributed by atoms with Gasteiger partial charge in [0.1, 0.15) is 6.29 Å². The maximum absolute atomic E-state index is 10.3. The highest BCUT2D eigenvalue weighted by atomic mass is 16.1. The summed E-state index contributed by atoms with van der Waals surface area (Å²) in [6.45, 7) is 6.12. The highest BCUT2D eigenvalue weighted by Crippen LogP contribution is 2.22. The van der Waals surface area contributed by atoms with Gasteiger partial charge in [-0.3, -0.25) is 0 Å². The molecule has 0 bridgehead atoms. The molecule has 0 aromatic carbocycles. The number of carbonyl (C=O) groups is 1. The average Bonchev–Trinajstić information content (AvgIpc) is 1.65. The molecule has 0 aliphatic heterocycles. The Labute approximate surface area is 52.5 Å². The van der Waals surface area contributed by atoms with E-state index >= 15 is 0 Å². The fraction of sp³-hybridized carbons (Fsp3) is 0.857. The molecule has 0 spiro atoms. The summed E-state index contributed by atoms with van der Waals surface area (Å²) in [5.74, 6) is -0.113. The molecule has 0 fully saturated rings. The Bertz CT molecular complexity index is 93.6. The van der Waals surface area contributed by atoms with Gasteiger partial charge in [-0.05, 0) is 5.41 Å². The van der Waals surface area contributed by atoms with E-state index in [4.69, 9.17) is 1.37 Å². The van der Waals surface area contributed by atoms with Crippen molar-refractivity contribution in [3.05, 3.63) is 0 Å². The van der Waals surface area contributed by atoms with Crippen LogP contribution in [-0.4, -0.2) is 6.29 Å². The first-order valence-corrected chi connectivity index (χ1v) is 2.77. The zero-order valence-electron chi connectivity index (χ0n) is 6.77. The summed E-state index contributed by atoms with van der Waals surface area (Å²) in [5, 5.41) is 0. The van der Waals surface area contributed by atoms with Crippen molar-refractivity contribution in [1.82, 2.24) is 0 Å². The Balaban J connectivity index is 3.94. The van der Waals surface area contributed by atoms with Crippen LogP contribution in [-0.2, 0) is 4.79 Å². The van der Waals surface area contributed by atoms with Gasteiger partial charge in [0, 0.05) is 7.29 Å². The second kappa shape index (κ2) is 2.29. The van der Waals surface area contributed by atoms with Crippen LogP contribution in [0.5, 0.6) is 0 Å². The van der Waals surface area contributed by atoms with Crippen molar-refractivity contribution in [1.29, 1.82) is 0 Å². The van der Waals surface area contributed by atoms with E-state index in [9.17, 15) is 4.79 Å². The molecule has 0 N–H and O–H groups in total. The van der Waals surface area contributed by atoms with Crippen LogP contribution < -0.4 is 0 Å². The molecule has 1 nitrogen and oxygen atoms in total. The normalized spacial score (nSPS) is 17.1. The fourth-order valence-electron chi connectivity index (χ4n) is 0.204. The van der Waals surface area contributed by atoms with Gasteiger partial charge in [0.15, 0.2) is 0 Å². The van der Waals surface area contributed by atoms with Gasteiger partial charge < -0.3 is 4.79 Å². The van der Waals surface area contributed by atoms with Gasteiger partial charge in [-0.2, -0.15) is 0 Å². The van der Waals surface area contributed by atoms with Crippen LogP contribution in [0.4, 0.5) is 0 Å². The van der Waals surface area contributed by atoms with Crippen molar-refractivity contribution in [2.75, 3.05) is 0 Å². The van der Waals surface area contributed by atoms with E-state index in [0.717, 1.165) is 6.29 Å². The van der Waals surface area contributed by atoms with Gasteiger partial charge in [-0.1, -0.05) is 27.7 Å². The van der Waals surface area contributed by atoms with Crippen LogP contribution in [0.25, 0.3) is 0 Å². The lowest BCUT2D eigenvalue weighted by molar-refractivity contribution is -0.113. The highest BCUT2D eigenvalue weighted by molar-refractivity contribution is 5.53. The van der Waals surface area contributed by atoms with Gasteiger partial charge in [0.05, 0.1) is 0 Å². The predicted octanol–water partition coefficient (Wildman–Crippen LogP) is 1.87. The summed E-state index contributed by atoms with van der Waals surface area (Å²) in [5.41, 5.74) is -0.0382. The molecule has 0 heterocycles. The largest absolute Gasteiger partial charge is 0.303 e. The lowest BCUT2D eigenvalue weighted by Gasteiger charge is -2.21. The minimum Gasteiger partial charge on any atom is -0.303 e. The lowest BCUT2D eigenvalue weighted by atomic mass is 9.83. The Morgan fingerprint density at radius 1 is 1.62 bits per heavy atom. The van der Waals surface area contributed by atoms with E-state index in [2.05, 4.69) is 0 Å². The van der Waals surface area contributed by atoms with Gasteiger partial charge in [0.25, 0.3) is 0 Å². The molecule has 0 saturated carbocycles. The van der Waals surface area contributed by atoms with E-state index in [-0.39, 0.29) is 18.2 Å². The standard InChI is InChI=1S/C7H14O/c1-6(5-8)7(2,3)4/h5-6H,1-4H3/i1D. The van der Waals surface area contributed by atoms with Crippen LogP contribution in [0, 0.1) is 11.3 Å². The molecule has 1 unspecified atom stereocenters. The number of hydrogen-bond acceptors (Lipinski definition) is 1. The third kappa shape index (κ3) is 2.10. The maximum atomic E-state index is 10.3. The summed E-state index contributed by atoms with van der Waals surface area (Å²) >= 11 is 0. The Morgan fingerprint density at radius 2 is 2.12 bits per heavy atom. The summed E-state index contributed by atoms with van der Waals surface area (Å²) in [4.78, 5) is 10.3. The third-order valence-corrected chi connectivity index (χ3v) is 1.28. The van der Waals surface area contributed by atoms with E-state index in [1.807, 2.05) is 20.8 Å². The smallest absolute Gasteiger partial charge is 0.123 e. The van der Waals surface area contributed by atoms with Crippen LogP contribution in [0.3, 0.4) is 0 Å². The summed E-state index contributed by atoms with van der Waals surface area (Å²) in [6.07, 6.45) is 0.868. The van der Waals surface area contributed by atoms with Crippen molar-refractivity contribution < 1.29 is 6.17 Å². The zero-order valence-corrected chi connectivity index (χ0v) is 5.77. The van der Waals surface area contributed by atoms with Crippen molar-refractivity contribution in [2.45, 2.75) is 27.7 Å². The van der Waals surface area contributed by atoms with Gasteiger partial charge in [-0.25, -0.2) is 0 Å². The van der Waals surface area contributed by atoms with Crippen molar-refractivity contribution in [2.24, 2.45) is 11.3 Å². The highest BCUT2D eigenvalue weighted by Gasteiger charge is 2.18. The molecule has 8 heavy (non-hydrogen) atoms. The topological polar surface area (TPSA) is 17.1 Å². The number of carbonyl (C=O) groups excluding carboxylic acids is 1. The molecular formula is C7H14O. The zero-order chi connectivity index (χ0) is 7.49. The molecule has 0 aliphatic carbocycles. The van der Waals surface area contributed by atoms with Crippen molar-refractivity contribution in [3.63, 3.8) is 0 Å². The fourth-order valence-corrected chi connectivity index (χ4v) is 0.204. The Hall–Kier alpha value is -0.330. The van der Waals surface area contributed by atoms with Gasteiger partial charge in [0.2, 0.25) is 0 Å². The summed E-state index contributed by atoms with van der Waals surface area (Å²) < 4.78 is 6.98. The minimum absolute atomic E-state index is 0.0382. The second-order valence-electron chi connectivity index (χ2n) is 3.11. The third-order valence-electron chi connectivity index (χ3n) is 1.28. The molecule has 0 amide bonds. The molecular weight excluding hydrogens is 100 g/mol. The predicted molar refractivity (Wildman–Crippen MR) is 34.7 cm³/mol. The van der Waals surface area contributed by atoms with Crippen LogP contribution in [0.2, 0.25) is 0 Å². The Morgan fingerprint density at radius 3 is 2.12 bits per heavy atom. The number of hydrogen-bond donors (Lipinski definition) is 0. The molecule has 0 rings (SSSR count). The number of aldehydes is 1. The van der Waals surface area contributed by atoms with E-state index in [1.165, 1.54) is 0 Å². The quantitative estimate of drug-likeness (QED) is 0.477. The molecule has 1 atom stereocenters. The van der Waals surface area contributed by atoms with Gasteiger partial charge >= 0.3 is 0 Å². The number of rotatable bonds is 1. The monoisotopic (exact) mass is 115 g/mol. The molecule has 0 radical (unpaired) electrons. The van der Waals surface area contributed by atoms with E-state index < -0.39 is 0 Å². The molecule has 48 valence electrons. The van der Waals surface area contributed by atoms with Crippen molar-refractivity contribution >= 4 is 6.29 Å². The first-order valence-electron chi connectivity index (χ1n) is 3.47. The Kier molecular flexibility index (Phi) is 1.66. The van der Waals surface area contributed by atoms with Gasteiger partial charge in [-0.15, -0.1) is 0 Å². The first kappa shape index (κ1) is 5.80. The molecule has 0 saturated heterocycles. The van der Waals surface area contributed by atoms with Crippen LogP contribution in [0.15, 0.2) is 0 Å². The van der Waals surface area contributed by atoms with Crippen molar-refractivity contribution in [3.8, 4) is 0 Å². The summed E-state index contributed by atoms with van der Waals surface area (Å²) in [6, 6.07) is 0. The lowest BCUT2D eigenvalue weighted by Crippen LogP contribution is -2.17. The molecule has 0 aromatic heterocycles. The first-order chi connectivity index (χ1) is 4.02. The second-order valence-corrected chi connectivity index (χ2v) is 3.11. The van der Waals surface area contributed by atoms with E-state index in [0.29, 0.717) is 0 Å². The van der Waals surface area contributed by atoms with E-state index in [1.54, 1.807) is 0 Å². The van der Waals surface area contributed by atoms with Crippen LogP contribution in [0.1, 0.15) is 29.0 Å². The SMILES string of the molecule is [2H]CC(C=O)C(C)(C)C. The maximum Gasteiger partial charge on any atom is 0.123 e. The minimum atomic E-state index is -0.113. The summed E-state index contributed by atoms with van der Waals surface area (Å²) in [7, 11) is 0. The average molecular weight is 115 g/mol. The molecule has 0 aliphatic rings. The molecule has 0 aromatic rings. The molecule has 1 heteroatoms.